The zero-order valence-corrected chi connectivity index (χ0v) is 20.3. The maximum absolute atomic E-state index is 9.72. The number of hydrogen-bond acceptors (Lipinski definition) is 8. The zero-order valence-electron chi connectivity index (χ0n) is 20.3. The number of hydrazone groups is 1. The van der Waals surface area contributed by atoms with E-state index in [2.05, 4.69) is 46.4 Å². The summed E-state index contributed by atoms with van der Waals surface area (Å²) in [6, 6.07) is 10.2. The minimum absolute atomic E-state index is 0.177. The largest absolute Gasteiger partial charge is 0.468 e. The minimum Gasteiger partial charge on any atom is -0.468 e. The van der Waals surface area contributed by atoms with Gasteiger partial charge in [0.05, 0.1) is 23.6 Å². The van der Waals surface area contributed by atoms with Gasteiger partial charge in [0, 0.05) is 23.2 Å². The van der Waals surface area contributed by atoms with Gasteiger partial charge in [0.1, 0.15) is 29.2 Å². The molecule has 1 saturated heterocycles. The zero-order chi connectivity index (χ0) is 24.6. The van der Waals surface area contributed by atoms with Crippen LogP contribution in [-0.4, -0.2) is 44.9 Å². The number of piperidine rings is 1. The highest BCUT2D eigenvalue weighted by atomic mass is 16.5. The van der Waals surface area contributed by atoms with Crippen LogP contribution in [0.1, 0.15) is 62.2 Å². The van der Waals surface area contributed by atoms with E-state index in [0.717, 1.165) is 49.3 Å². The highest BCUT2D eigenvalue weighted by molar-refractivity contribution is 6.47. The summed E-state index contributed by atoms with van der Waals surface area (Å²) in [5, 5.41) is 17.2. The van der Waals surface area contributed by atoms with E-state index in [1.54, 1.807) is 16.8 Å². The van der Waals surface area contributed by atoms with Crippen LogP contribution in [-0.2, 0) is 6.42 Å². The molecule has 35 heavy (non-hydrogen) atoms. The Kier molecular flexibility index (Phi) is 5.99. The SMILES string of the molecule is CC(=NC1CCNCC1)/C(=N\N)c1cc(OC2c3ncccc3CC2(C)C)n2c(C#N)cnc2c1. The highest BCUT2D eigenvalue weighted by Gasteiger charge is 2.42. The molecule has 9 nitrogen and oxygen atoms in total. The Balaban J connectivity index is 1.58. The van der Waals surface area contributed by atoms with Gasteiger partial charge in [0.15, 0.2) is 0 Å². The lowest BCUT2D eigenvalue weighted by molar-refractivity contribution is 0.0813. The number of pyridine rings is 2. The Morgan fingerprint density at radius 1 is 1.29 bits per heavy atom. The van der Waals surface area contributed by atoms with E-state index in [0.29, 0.717) is 22.9 Å². The summed E-state index contributed by atoms with van der Waals surface area (Å²) in [6.07, 6.45) is 5.88. The van der Waals surface area contributed by atoms with Gasteiger partial charge < -0.3 is 15.9 Å². The number of fused-ring (bicyclic) bond motifs is 2. The molecule has 2 aliphatic rings. The molecule has 9 heteroatoms. The molecule has 4 heterocycles. The lowest BCUT2D eigenvalue weighted by Gasteiger charge is -2.28. The molecule has 5 rings (SSSR count). The molecule has 0 aromatic carbocycles. The van der Waals surface area contributed by atoms with Crippen molar-refractivity contribution in [1.82, 2.24) is 19.7 Å². The van der Waals surface area contributed by atoms with E-state index in [-0.39, 0.29) is 17.6 Å². The summed E-state index contributed by atoms with van der Waals surface area (Å²) in [6.45, 7) is 8.19. The van der Waals surface area contributed by atoms with Gasteiger partial charge in [-0.15, -0.1) is 0 Å². The molecule has 0 bridgehead atoms. The number of ether oxygens (including phenoxy) is 1. The van der Waals surface area contributed by atoms with Crippen LogP contribution in [0.4, 0.5) is 0 Å². The molecule has 3 aromatic heterocycles. The fourth-order valence-electron chi connectivity index (χ4n) is 5.15. The molecular formula is C26H30N8O. The van der Waals surface area contributed by atoms with Crippen LogP contribution >= 0.6 is 0 Å². The summed E-state index contributed by atoms with van der Waals surface area (Å²) < 4.78 is 8.39. The Morgan fingerprint density at radius 2 is 2.09 bits per heavy atom. The second kappa shape index (κ2) is 9.12. The summed E-state index contributed by atoms with van der Waals surface area (Å²) in [7, 11) is 0. The molecule has 0 spiro atoms. The van der Waals surface area contributed by atoms with Crippen LogP contribution in [0.3, 0.4) is 0 Å². The number of nitriles is 1. The molecule has 1 aliphatic carbocycles. The van der Waals surface area contributed by atoms with Crippen LogP contribution in [0.5, 0.6) is 5.88 Å². The van der Waals surface area contributed by atoms with Crippen molar-refractivity contribution >= 4 is 17.1 Å². The van der Waals surface area contributed by atoms with Crippen LogP contribution in [0.25, 0.3) is 5.65 Å². The number of hydrogen-bond donors (Lipinski definition) is 2. The monoisotopic (exact) mass is 470 g/mol. The molecule has 3 N–H and O–H groups in total. The Hall–Kier alpha value is -3.77. The lowest BCUT2D eigenvalue weighted by atomic mass is 9.88. The van der Waals surface area contributed by atoms with Crippen molar-refractivity contribution in [2.24, 2.45) is 21.4 Å². The Labute approximate surface area is 204 Å². The van der Waals surface area contributed by atoms with E-state index in [1.807, 2.05) is 25.1 Å². The standard InChI is InChI=1S/C26H30N8O/c1-16(32-19-6-9-29-10-7-19)23(33-28)18-11-21-31-15-20(14-27)34(21)22(12-18)35-25-24-17(5-4-8-30-24)13-26(25,2)3/h4-5,8,11-12,15,19,25,29H,6-7,9-10,13,28H2,1-3H3/b32-16?,33-23+. The Morgan fingerprint density at radius 3 is 2.83 bits per heavy atom. The van der Waals surface area contributed by atoms with Gasteiger partial charge in [0.25, 0.3) is 0 Å². The topological polar surface area (TPSA) is 126 Å². The average Bonchev–Trinajstić information content (AvgIpc) is 3.38. The van der Waals surface area contributed by atoms with Crippen molar-refractivity contribution < 1.29 is 4.74 Å². The van der Waals surface area contributed by atoms with Gasteiger partial charge in [-0.25, -0.2) is 4.98 Å². The molecule has 0 radical (unpaired) electrons. The summed E-state index contributed by atoms with van der Waals surface area (Å²) in [5.74, 6) is 6.37. The van der Waals surface area contributed by atoms with E-state index in [1.165, 1.54) is 5.56 Å². The molecule has 0 amide bonds. The normalized spacial score (nSPS) is 20.6. The van der Waals surface area contributed by atoms with Gasteiger partial charge >= 0.3 is 0 Å². The quantitative estimate of drug-likeness (QED) is 0.335. The number of nitrogens with one attached hydrogen (secondary N) is 1. The molecule has 1 aliphatic heterocycles. The maximum Gasteiger partial charge on any atom is 0.201 e. The minimum atomic E-state index is -0.283. The second-order valence-electron chi connectivity index (χ2n) is 9.92. The van der Waals surface area contributed by atoms with E-state index in [4.69, 9.17) is 15.6 Å². The molecular weight excluding hydrogens is 440 g/mol. The van der Waals surface area contributed by atoms with Gasteiger partial charge in [0.2, 0.25) is 5.88 Å². The fourth-order valence-corrected chi connectivity index (χ4v) is 5.15. The number of rotatable bonds is 5. The van der Waals surface area contributed by atoms with Crippen molar-refractivity contribution in [3.05, 3.63) is 59.2 Å². The average molecular weight is 471 g/mol. The predicted octanol–water partition coefficient (Wildman–Crippen LogP) is 3.18. The number of aliphatic imine (C=N–C) groups is 1. The molecule has 1 unspecified atom stereocenters. The first-order chi connectivity index (χ1) is 16.9. The van der Waals surface area contributed by atoms with Gasteiger partial charge in [-0.05, 0) is 57.0 Å². The van der Waals surface area contributed by atoms with Crippen LogP contribution in [0.15, 0.2) is 46.8 Å². The summed E-state index contributed by atoms with van der Waals surface area (Å²) in [5.41, 5.74) is 5.01. The van der Waals surface area contributed by atoms with E-state index < -0.39 is 0 Å². The van der Waals surface area contributed by atoms with Gasteiger partial charge in [-0.2, -0.15) is 10.4 Å². The third kappa shape index (κ3) is 4.26. The van der Waals surface area contributed by atoms with Gasteiger partial charge in [-0.3, -0.25) is 14.4 Å². The molecule has 1 atom stereocenters. The van der Waals surface area contributed by atoms with Crippen molar-refractivity contribution in [3.8, 4) is 11.9 Å². The van der Waals surface area contributed by atoms with E-state index in [9.17, 15) is 5.26 Å². The molecule has 3 aromatic rings. The number of nitrogens with two attached hydrogens (primary N) is 1. The first-order valence-electron chi connectivity index (χ1n) is 12.0. The number of imidazole rings is 1. The highest BCUT2D eigenvalue weighted by Crippen LogP contribution is 2.46. The summed E-state index contributed by atoms with van der Waals surface area (Å²) >= 11 is 0. The van der Waals surface area contributed by atoms with Crippen molar-refractivity contribution in [2.75, 3.05) is 13.1 Å². The molecule has 1 fully saturated rings. The van der Waals surface area contributed by atoms with Crippen LogP contribution in [0.2, 0.25) is 0 Å². The van der Waals surface area contributed by atoms with Gasteiger partial charge in [-0.1, -0.05) is 19.9 Å². The number of aromatic nitrogens is 3. The third-order valence-corrected chi connectivity index (χ3v) is 6.89. The summed E-state index contributed by atoms with van der Waals surface area (Å²) in [4.78, 5) is 14.0. The third-order valence-electron chi connectivity index (χ3n) is 6.89. The molecule has 180 valence electrons. The molecule has 0 saturated carbocycles. The van der Waals surface area contributed by atoms with Crippen molar-refractivity contribution in [3.63, 3.8) is 0 Å². The predicted molar refractivity (Wildman–Crippen MR) is 135 cm³/mol. The van der Waals surface area contributed by atoms with Crippen molar-refractivity contribution in [2.45, 2.75) is 52.2 Å². The maximum atomic E-state index is 9.72. The Bertz CT molecular complexity index is 1360. The van der Waals surface area contributed by atoms with E-state index >= 15 is 0 Å². The first-order valence-corrected chi connectivity index (χ1v) is 12.0. The number of nitrogens with zero attached hydrogens (tertiary/aromatic N) is 6. The fraction of sp³-hybridized carbons (Fsp3) is 0.423. The van der Waals surface area contributed by atoms with Crippen molar-refractivity contribution in [1.29, 1.82) is 5.26 Å². The lowest BCUT2D eigenvalue weighted by Crippen LogP contribution is -2.31. The first kappa shape index (κ1) is 23.0. The van der Waals surface area contributed by atoms with Crippen LogP contribution < -0.4 is 15.9 Å². The van der Waals surface area contributed by atoms with Crippen LogP contribution in [0, 0.1) is 16.7 Å². The second-order valence-corrected chi connectivity index (χ2v) is 9.92. The smallest absolute Gasteiger partial charge is 0.201 e.